The van der Waals surface area contributed by atoms with Crippen LogP contribution in [0.2, 0.25) is 0 Å². The zero-order valence-electron chi connectivity index (χ0n) is 23.2. The Hall–Kier alpha value is -2.62. The fraction of sp³-hybridized carbons (Fsp3) is 0.536. The quantitative estimate of drug-likeness (QED) is 0.306. The Labute approximate surface area is 236 Å². The number of rotatable bonds is 13. The van der Waals surface area contributed by atoms with Gasteiger partial charge in [0.15, 0.2) is 11.5 Å². The van der Waals surface area contributed by atoms with Crippen molar-refractivity contribution in [1.82, 2.24) is 9.80 Å². The molecule has 0 spiro atoms. The number of likely N-dealkylation sites (tertiary alicyclic amines) is 1. The van der Waals surface area contributed by atoms with Gasteiger partial charge in [0, 0.05) is 35.2 Å². The number of thiophene rings is 1. The molecule has 1 aliphatic heterocycles. The monoisotopic (exact) mass is 568 g/mol. The normalized spacial score (nSPS) is 13.6. The van der Waals surface area contributed by atoms with Crippen LogP contribution >= 0.6 is 23.7 Å². The highest BCUT2D eigenvalue weighted by Crippen LogP contribution is 2.35. The first-order valence-electron chi connectivity index (χ1n) is 12.9. The molecule has 1 atom stereocenters. The number of carbonyl (C=O) groups is 3. The molecule has 2 aromatic rings. The summed E-state index contributed by atoms with van der Waals surface area (Å²) in [6, 6.07) is 7.53. The molecule has 3 rings (SSSR count). The van der Waals surface area contributed by atoms with Crippen molar-refractivity contribution in [2.24, 2.45) is 0 Å². The smallest absolute Gasteiger partial charge is 0.305 e. The molecule has 10 heteroatoms. The summed E-state index contributed by atoms with van der Waals surface area (Å²) in [7, 11) is 1.56. The third-order valence-corrected chi connectivity index (χ3v) is 7.08. The molecule has 0 bridgehead atoms. The van der Waals surface area contributed by atoms with Crippen molar-refractivity contribution in [3.63, 3.8) is 0 Å². The molecule has 1 saturated heterocycles. The van der Waals surface area contributed by atoms with Gasteiger partial charge in [-0.15, -0.1) is 23.7 Å². The average molecular weight is 569 g/mol. The minimum Gasteiger partial charge on any atom is -0.493 e. The molecule has 8 nitrogen and oxygen atoms in total. The van der Waals surface area contributed by atoms with Crippen molar-refractivity contribution in [2.45, 2.75) is 72.9 Å². The highest BCUT2D eigenvalue weighted by molar-refractivity contribution is 7.12. The van der Waals surface area contributed by atoms with E-state index in [0.717, 1.165) is 29.0 Å². The minimum atomic E-state index is -0.823. The Bertz CT molecular complexity index is 1060. The van der Waals surface area contributed by atoms with Crippen LogP contribution in [0.25, 0.3) is 0 Å². The van der Waals surface area contributed by atoms with E-state index in [1.165, 1.54) is 9.78 Å². The summed E-state index contributed by atoms with van der Waals surface area (Å²) in [5.74, 6) is -0.0671. The summed E-state index contributed by atoms with van der Waals surface area (Å²) >= 11 is 1.69. The van der Waals surface area contributed by atoms with Gasteiger partial charge >= 0.3 is 5.97 Å². The second kappa shape index (κ2) is 16.4. The van der Waals surface area contributed by atoms with Gasteiger partial charge in [-0.2, -0.15) is 0 Å². The molecule has 0 aliphatic carbocycles. The summed E-state index contributed by atoms with van der Waals surface area (Å²) < 4.78 is 11.4. The first-order chi connectivity index (χ1) is 17.7. The first-order valence-corrected chi connectivity index (χ1v) is 13.7. The second-order valence-electron chi connectivity index (χ2n) is 8.73. The summed E-state index contributed by atoms with van der Waals surface area (Å²) in [6.45, 7) is 11.9. The summed E-state index contributed by atoms with van der Waals surface area (Å²) in [5.41, 5.74) is 2.05. The molecule has 0 saturated carbocycles. The van der Waals surface area contributed by atoms with Crippen LogP contribution in [0.3, 0.4) is 0 Å². The van der Waals surface area contributed by atoms with Crippen molar-refractivity contribution in [3.8, 4) is 11.5 Å². The Kier molecular flexibility index (Phi) is 14.4. The molecular weight excluding hydrogens is 528 g/mol. The molecule has 1 unspecified atom stereocenters. The Balaban J connectivity index is 0.00000235. The van der Waals surface area contributed by atoms with Gasteiger partial charge in [-0.1, -0.05) is 26.8 Å². The SMILES string of the molecule is CC.CCCN(Cc1ccc(OCCN2C(=O)CCC2=O)c(OC)c1)C(CC(=O)O)c1cc(C)sc1C.Cl. The molecule has 0 radical (unpaired) electrons. The number of hydrogen-bond acceptors (Lipinski definition) is 7. The topological polar surface area (TPSA) is 96.4 Å². The van der Waals surface area contributed by atoms with E-state index in [9.17, 15) is 19.5 Å². The van der Waals surface area contributed by atoms with Crippen LogP contribution in [-0.4, -0.2) is 59.5 Å². The zero-order valence-corrected chi connectivity index (χ0v) is 24.9. The van der Waals surface area contributed by atoms with Crippen molar-refractivity contribution in [2.75, 3.05) is 26.8 Å². The summed E-state index contributed by atoms with van der Waals surface area (Å²) in [6.07, 6.45) is 1.45. The summed E-state index contributed by atoms with van der Waals surface area (Å²) in [5, 5.41) is 9.63. The number of carboxylic acids is 1. The highest BCUT2D eigenvalue weighted by Gasteiger charge is 2.29. The van der Waals surface area contributed by atoms with Crippen LogP contribution in [0.4, 0.5) is 0 Å². The van der Waals surface area contributed by atoms with Crippen molar-refractivity contribution < 1.29 is 29.0 Å². The molecule has 1 fully saturated rings. The van der Waals surface area contributed by atoms with Gasteiger partial charge in [0.25, 0.3) is 0 Å². The summed E-state index contributed by atoms with van der Waals surface area (Å²) in [4.78, 5) is 41.1. The number of methoxy groups -OCH3 is 1. The third-order valence-electron chi connectivity index (χ3n) is 6.10. The maximum atomic E-state index is 11.8. The van der Waals surface area contributed by atoms with E-state index >= 15 is 0 Å². The number of imide groups is 1. The van der Waals surface area contributed by atoms with Gasteiger partial charge in [0.1, 0.15) is 6.61 Å². The van der Waals surface area contributed by atoms with E-state index in [4.69, 9.17) is 9.47 Å². The Morgan fingerprint density at radius 2 is 1.79 bits per heavy atom. The van der Waals surface area contributed by atoms with Gasteiger partial charge in [0.2, 0.25) is 11.8 Å². The van der Waals surface area contributed by atoms with E-state index in [0.29, 0.717) is 18.0 Å². The molecule has 38 heavy (non-hydrogen) atoms. The van der Waals surface area contributed by atoms with E-state index in [2.05, 4.69) is 17.9 Å². The zero-order chi connectivity index (χ0) is 27.5. The Morgan fingerprint density at radius 1 is 1.13 bits per heavy atom. The van der Waals surface area contributed by atoms with Gasteiger partial charge in [-0.05, 0) is 56.1 Å². The largest absolute Gasteiger partial charge is 0.493 e. The van der Waals surface area contributed by atoms with Crippen LogP contribution in [0.15, 0.2) is 24.3 Å². The van der Waals surface area contributed by atoms with Crippen LogP contribution < -0.4 is 9.47 Å². The number of nitrogens with zero attached hydrogens (tertiary/aromatic N) is 2. The van der Waals surface area contributed by atoms with E-state index in [-0.39, 0.29) is 62.7 Å². The molecule has 2 amide bonds. The maximum Gasteiger partial charge on any atom is 0.305 e. The predicted octanol–water partition coefficient (Wildman–Crippen LogP) is 5.78. The fourth-order valence-electron chi connectivity index (χ4n) is 4.50. The lowest BCUT2D eigenvalue weighted by molar-refractivity contribution is -0.140. The molecule has 1 aromatic heterocycles. The Morgan fingerprint density at radius 3 is 2.32 bits per heavy atom. The maximum absolute atomic E-state index is 11.8. The highest BCUT2D eigenvalue weighted by atomic mass is 35.5. The predicted molar refractivity (Wildman–Crippen MR) is 153 cm³/mol. The van der Waals surface area contributed by atoms with Gasteiger partial charge in [-0.3, -0.25) is 24.2 Å². The van der Waals surface area contributed by atoms with Gasteiger partial charge in [-0.25, -0.2) is 0 Å². The molecule has 1 N–H and O–H groups in total. The molecule has 2 heterocycles. The number of benzene rings is 1. The fourth-order valence-corrected chi connectivity index (χ4v) is 5.48. The van der Waals surface area contributed by atoms with Crippen LogP contribution in [-0.2, 0) is 20.9 Å². The van der Waals surface area contributed by atoms with Gasteiger partial charge < -0.3 is 14.6 Å². The lowest BCUT2D eigenvalue weighted by atomic mass is 10.0. The van der Waals surface area contributed by atoms with E-state index < -0.39 is 5.97 Å². The number of aliphatic carboxylic acids is 1. The number of ether oxygens (including phenoxy) is 2. The van der Waals surface area contributed by atoms with Crippen molar-refractivity contribution >= 4 is 41.5 Å². The standard InChI is InChI=1S/C26H34N2O6S.C2H6.ClH/c1-5-10-27(21(15-26(31)32)20-13-17(2)35-18(20)3)16-19-6-7-22(23(14-19)33-4)34-12-11-28-24(29)8-9-25(28)30;1-2;/h6-7,13-14,21H,5,8-12,15-16H2,1-4H3,(H,31,32);1-2H3;1H. The number of hydrogen-bond donors (Lipinski definition) is 1. The number of halogens is 1. The molecule has 1 aromatic carbocycles. The number of aryl methyl sites for hydroxylation is 2. The van der Waals surface area contributed by atoms with Crippen LogP contribution in [0.1, 0.15) is 73.4 Å². The second-order valence-corrected chi connectivity index (χ2v) is 10.2. The van der Waals surface area contributed by atoms with Crippen molar-refractivity contribution in [3.05, 3.63) is 45.1 Å². The minimum absolute atomic E-state index is 0. The first kappa shape index (κ1) is 33.4. The van der Waals surface area contributed by atoms with Crippen molar-refractivity contribution in [1.29, 1.82) is 0 Å². The van der Waals surface area contributed by atoms with Gasteiger partial charge in [0.05, 0.1) is 20.1 Å². The van der Waals surface area contributed by atoms with E-state index in [1.54, 1.807) is 18.4 Å². The lowest BCUT2D eigenvalue weighted by Gasteiger charge is -2.31. The van der Waals surface area contributed by atoms with Crippen LogP contribution in [0.5, 0.6) is 11.5 Å². The number of carboxylic acid groups (broad SMARTS) is 1. The molecule has 212 valence electrons. The molecular formula is C28H41ClN2O6S. The molecule has 1 aliphatic rings. The average Bonchev–Trinajstić information content (AvgIpc) is 3.38. The number of carbonyl (C=O) groups excluding carboxylic acids is 2. The lowest BCUT2D eigenvalue weighted by Crippen LogP contribution is -2.33. The van der Waals surface area contributed by atoms with E-state index in [1.807, 2.05) is 45.9 Å². The third kappa shape index (κ3) is 8.99. The number of amides is 2. The van der Waals surface area contributed by atoms with Crippen LogP contribution in [0, 0.1) is 13.8 Å².